The van der Waals surface area contributed by atoms with Gasteiger partial charge in [-0.05, 0) is 92.1 Å². The zero-order valence-electron chi connectivity index (χ0n) is 35.0. The Hall–Kier alpha value is -5.48. The molecular weight excluding hydrogens is 705 g/mol. The molecule has 6 aromatic carbocycles. The first-order valence-electron chi connectivity index (χ1n) is 22.5. The second-order valence-corrected chi connectivity index (χ2v) is 16.6. The van der Waals surface area contributed by atoms with Crippen molar-refractivity contribution in [3.63, 3.8) is 0 Å². The predicted molar refractivity (Wildman–Crippen MR) is 253 cm³/mol. The fraction of sp³-hybridized carbons (Fsp3) is 0.333. The van der Waals surface area contributed by atoms with Crippen LogP contribution in [-0.4, -0.2) is 13.7 Å². The van der Waals surface area contributed by atoms with E-state index in [0.29, 0.717) is 0 Å². The van der Waals surface area contributed by atoms with Crippen LogP contribution in [0.5, 0.6) is 0 Å². The highest BCUT2D eigenvalue weighted by Crippen LogP contribution is 2.43. The molecule has 0 aliphatic rings. The Morgan fingerprint density at radius 2 is 0.603 bits per heavy atom. The van der Waals surface area contributed by atoms with Crippen LogP contribution in [0.4, 0.5) is 17.1 Å². The van der Waals surface area contributed by atoms with Crippen molar-refractivity contribution in [2.45, 2.75) is 117 Å². The summed E-state index contributed by atoms with van der Waals surface area (Å²) in [6, 6.07) is 48.7. The minimum atomic E-state index is 1.05. The summed E-state index contributed by atoms with van der Waals surface area (Å²) in [5, 5.41) is 7.96. The molecule has 0 saturated carbocycles. The van der Waals surface area contributed by atoms with Crippen LogP contribution in [0.2, 0.25) is 0 Å². The van der Waals surface area contributed by atoms with E-state index < -0.39 is 0 Å². The maximum absolute atomic E-state index is 2.57. The number of hydrogen-bond donors (Lipinski definition) is 0. The van der Waals surface area contributed by atoms with Crippen LogP contribution in [0.15, 0.2) is 127 Å². The van der Waals surface area contributed by atoms with Crippen LogP contribution in [-0.2, 0) is 19.6 Å². The Bertz CT molecular complexity index is 2520. The molecule has 0 aliphatic heterocycles. The summed E-state index contributed by atoms with van der Waals surface area (Å²) in [5.74, 6) is 0. The topological polar surface area (TPSA) is 18.0 Å². The van der Waals surface area contributed by atoms with Crippen LogP contribution in [0.25, 0.3) is 65.4 Å². The molecule has 0 bridgehead atoms. The molecule has 0 amide bonds. The third-order valence-electron chi connectivity index (χ3n) is 12.7. The number of unbranched alkanes of at least 4 members (excludes halogenated alkanes) is 9. The molecule has 296 valence electrons. The summed E-state index contributed by atoms with van der Waals surface area (Å²) in [5.41, 5.74) is 11.5. The number of aryl methyl sites for hydroxylation is 3. The van der Waals surface area contributed by atoms with E-state index in [-0.39, 0.29) is 0 Å². The molecule has 0 fully saturated rings. The van der Waals surface area contributed by atoms with Crippen LogP contribution >= 0.6 is 0 Å². The van der Waals surface area contributed by atoms with Crippen molar-refractivity contribution in [1.29, 1.82) is 0 Å². The highest BCUT2D eigenvalue weighted by atomic mass is 15.1. The molecule has 0 N–H and O–H groups in total. The Balaban J connectivity index is 1.22. The van der Waals surface area contributed by atoms with Gasteiger partial charge in [-0.15, -0.1) is 0 Å². The number of hydrogen-bond acceptors (Lipinski definition) is 1. The predicted octanol–water partition coefficient (Wildman–Crippen LogP) is 16.2. The lowest BCUT2D eigenvalue weighted by molar-refractivity contribution is 0.602. The first kappa shape index (κ1) is 38.1. The van der Waals surface area contributed by atoms with Crippen molar-refractivity contribution in [3.05, 3.63) is 127 Å². The number of nitrogens with zero attached hydrogens (tertiary/aromatic N) is 4. The molecule has 0 saturated heterocycles. The molecule has 58 heavy (non-hydrogen) atoms. The van der Waals surface area contributed by atoms with E-state index >= 15 is 0 Å². The lowest BCUT2D eigenvalue weighted by Crippen LogP contribution is -2.10. The Labute approximate surface area is 344 Å². The van der Waals surface area contributed by atoms with E-state index in [1.165, 1.54) is 160 Å². The lowest BCUT2D eigenvalue weighted by atomic mass is 10.1. The quantitative estimate of drug-likeness (QED) is 0.0796. The zero-order chi connectivity index (χ0) is 39.4. The molecular formula is C54H60N4. The fourth-order valence-electron chi connectivity index (χ4n) is 9.80. The summed E-state index contributed by atoms with van der Waals surface area (Å²) >= 11 is 0. The van der Waals surface area contributed by atoms with Gasteiger partial charge in [-0.1, -0.05) is 133 Å². The van der Waals surface area contributed by atoms with Gasteiger partial charge in [0.2, 0.25) is 0 Å². The largest absolute Gasteiger partial charge is 0.340 e. The monoisotopic (exact) mass is 764 g/mol. The second kappa shape index (κ2) is 17.2. The summed E-state index contributed by atoms with van der Waals surface area (Å²) in [4.78, 5) is 2.52. The van der Waals surface area contributed by atoms with E-state index in [4.69, 9.17) is 0 Å². The van der Waals surface area contributed by atoms with E-state index in [2.05, 4.69) is 167 Å². The number of para-hydroxylation sites is 3. The number of fused-ring (bicyclic) bond motifs is 9. The molecule has 0 spiro atoms. The SMILES string of the molecule is CCCCCCn1c2ccccc2c2cc(N(c3ccc4c(c3)c3ccccc3n4CCCCCC)c3ccc4c(c3)c3ccccc3n4CCCCCC)ccc21. The standard InChI is InChI=1S/C54H60N4/c1-4-7-10-19-34-55-49-25-16-13-22-43(49)46-37-40(28-31-52(46)55)58(41-29-32-53-47(38-41)44-23-14-17-26-50(44)56(53)35-20-11-8-5-2)42-30-33-54-48(39-42)45-24-15-18-27-51(45)57(54)36-21-12-9-6-3/h13-18,22-33,37-39H,4-12,19-21,34-36H2,1-3H3. The summed E-state index contributed by atoms with van der Waals surface area (Å²) < 4.78 is 7.70. The molecule has 0 radical (unpaired) electrons. The molecule has 4 heteroatoms. The Morgan fingerprint density at radius 1 is 0.310 bits per heavy atom. The second-order valence-electron chi connectivity index (χ2n) is 16.6. The van der Waals surface area contributed by atoms with Crippen LogP contribution in [0, 0.1) is 0 Å². The number of benzene rings is 6. The summed E-state index contributed by atoms with van der Waals surface area (Å²) in [7, 11) is 0. The molecule has 9 aromatic rings. The van der Waals surface area contributed by atoms with Gasteiger partial charge in [-0.3, -0.25) is 0 Å². The van der Waals surface area contributed by atoms with Gasteiger partial charge in [0, 0.05) is 102 Å². The molecule has 0 atom stereocenters. The molecule has 0 unspecified atom stereocenters. The minimum Gasteiger partial charge on any atom is -0.340 e. The summed E-state index contributed by atoms with van der Waals surface area (Å²) in [6.45, 7) is 10.0. The third kappa shape index (κ3) is 7.05. The van der Waals surface area contributed by atoms with Crippen molar-refractivity contribution >= 4 is 82.5 Å². The van der Waals surface area contributed by atoms with Crippen molar-refractivity contribution in [1.82, 2.24) is 13.7 Å². The maximum Gasteiger partial charge on any atom is 0.0492 e. The van der Waals surface area contributed by atoms with E-state index in [1.54, 1.807) is 0 Å². The number of rotatable bonds is 18. The molecule has 4 nitrogen and oxygen atoms in total. The lowest BCUT2D eigenvalue weighted by Gasteiger charge is -2.26. The van der Waals surface area contributed by atoms with E-state index in [0.717, 1.165) is 19.6 Å². The Kier molecular flexibility index (Phi) is 11.3. The smallest absolute Gasteiger partial charge is 0.0492 e. The Morgan fingerprint density at radius 3 is 0.914 bits per heavy atom. The van der Waals surface area contributed by atoms with Gasteiger partial charge in [-0.25, -0.2) is 0 Å². The van der Waals surface area contributed by atoms with E-state index in [9.17, 15) is 0 Å². The van der Waals surface area contributed by atoms with E-state index in [1.807, 2.05) is 0 Å². The van der Waals surface area contributed by atoms with Crippen LogP contribution < -0.4 is 4.90 Å². The first-order chi connectivity index (χ1) is 28.7. The average Bonchev–Trinajstić information content (AvgIpc) is 3.87. The highest BCUT2D eigenvalue weighted by molar-refractivity contribution is 6.13. The van der Waals surface area contributed by atoms with Crippen LogP contribution in [0.3, 0.4) is 0 Å². The van der Waals surface area contributed by atoms with Crippen molar-refractivity contribution in [2.75, 3.05) is 4.90 Å². The molecule has 3 heterocycles. The van der Waals surface area contributed by atoms with Gasteiger partial charge in [0.05, 0.1) is 0 Å². The zero-order valence-corrected chi connectivity index (χ0v) is 35.0. The van der Waals surface area contributed by atoms with Crippen molar-refractivity contribution < 1.29 is 0 Å². The molecule has 3 aromatic heterocycles. The third-order valence-corrected chi connectivity index (χ3v) is 12.7. The number of anilines is 3. The van der Waals surface area contributed by atoms with Crippen molar-refractivity contribution in [3.8, 4) is 0 Å². The van der Waals surface area contributed by atoms with Gasteiger partial charge in [-0.2, -0.15) is 0 Å². The van der Waals surface area contributed by atoms with Gasteiger partial charge >= 0.3 is 0 Å². The average molecular weight is 765 g/mol. The normalized spacial score (nSPS) is 12.1. The highest BCUT2D eigenvalue weighted by Gasteiger charge is 2.21. The van der Waals surface area contributed by atoms with Gasteiger partial charge in [0.15, 0.2) is 0 Å². The van der Waals surface area contributed by atoms with Crippen molar-refractivity contribution in [2.24, 2.45) is 0 Å². The molecule has 9 rings (SSSR count). The van der Waals surface area contributed by atoms with Gasteiger partial charge in [0.25, 0.3) is 0 Å². The summed E-state index contributed by atoms with van der Waals surface area (Å²) in [6.07, 6.45) is 15.0. The maximum atomic E-state index is 2.57. The fourth-order valence-corrected chi connectivity index (χ4v) is 9.80. The molecule has 0 aliphatic carbocycles. The van der Waals surface area contributed by atoms with Gasteiger partial charge in [0.1, 0.15) is 0 Å². The van der Waals surface area contributed by atoms with Gasteiger partial charge < -0.3 is 18.6 Å². The first-order valence-corrected chi connectivity index (χ1v) is 22.5. The van der Waals surface area contributed by atoms with Crippen LogP contribution in [0.1, 0.15) is 97.8 Å². The number of aromatic nitrogens is 3. The minimum absolute atomic E-state index is 1.05.